The second-order valence-corrected chi connectivity index (χ2v) is 11.3. The van der Waals surface area contributed by atoms with Crippen LogP contribution < -0.4 is 15.1 Å². The van der Waals surface area contributed by atoms with Gasteiger partial charge in [-0.25, -0.2) is 18.3 Å². The fraction of sp³-hybridized carbons (Fsp3) is 0.682. The summed E-state index contributed by atoms with van der Waals surface area (Å²) in [4.78, 5) is 16.8. The van der Waals surface area contributed by atoms with E-state index in [-0.39, 0.29) is 38.3 Å². The van der Waals surface area contributed by atoms with Gasteiger partial charge in [-0.05, 0) is 37.8 Å². The van der Waals surface area contributed by atoms with Gasteiger partial charge in [-0.3, -0.25) is 10.0 Å². The number of hydroxylamine groups is 1. The van der Waals surface area contributed by atoms with Crippen LogP contribution in [0.5, 0.6) is 5.75 Å². The van der Waals surface area contributed by atoms with Crippen LogP contribution in [-0.2, 0) is 19.6 Å². The molecule has 2 aliphatic heterocycles. The monoisotopic (exact) mass is 500 g/mol. The second-order valence-electron chi connectivity index (χ2n) is 9.05. The van der Waals surface area contributed by atoms with Gasteiger partial charge in [-0.2, -0.15) is 4.31 Å². The Morgan fingerprint density at radius 3 is 2.38 bits per heavy atom. The molecule has 2 N–H and O–H groups in total. The molecule has 1 aromatic rings. The first-order chi connectivity index (χ1) is 16.3. The molecule has 2 saturated heterocycles. The molecule has 0 spiro atoms. The number of nitrogens with one attached hydrogen (secondary N) is 1. The molecule has 190 valence electrons. The Morgan fingerprint density at radius 2 is 1.82 bits per heavy atom. The molecule has 0 aromatic heterocycles. The number of carbonyl (C=O) groups is 1. The van der Waals surface area contributed by atoms with E-state index in [0.717, 1.165) is 12.8 Å². The Morgan fingerprint density at radius 1 is 1.15 bits per heavy atom. The molecule has 0 bridgehead atoms. The van der Waals surface area contributed by atoms with E-state index >= 15 is 0 Å². The van der Waals surface area contributed by atoms with E-state index in [1.165, 1.54) is 17.5 Å². The molecule has 34 heavy (non-hydrogen) atoms. The van der Waals surface area contributed by atoms with Gasteiger partial charge in [-0.1, -0.05) is 0 Å². The molecule has 1 aliphatic carbocycles. The van der Waals surface area contributed by atoms with Gasteiger partial charge in [-0.15, -0.1) is 0 Å². The summed E-state index contributed by atoms with van der Waals surface area (Å²) in [6.07, 6.45) is 2.51. The number of hydrogen-bond acceptors (Lipinski definition) is 8. The minimum Gasteiger partial charge on any atom is -0.488 e. The SMILES string of the molecule is COCCOc1ccc(N2CCN(S(=O)(=O)C3(C(=O)NO)CCN(C4CC4)CC3)CC2)cc1F. The number of anilines is 1. The summed E-state index contributed by atoms with van der Waals surface area (Å²) < 4.78 is 51.7. The van der Waals surface area contributed by atoms with Gasteiger partial charge < -0.3 is 19.3 Å². The molecular formula is C22H33FN4O6S. The molecule has 2 heterocycles. The maximum absolute atomic E-state index is 14.4. The fourth-order valence-electron chi connectivity index (χ4n) is 4.87. The zero-order chi connectivity index (χ0) is 24.3. The molecule has 3 fully saturated rings. The third kappa shape index (κ3) is 4.87. The van der Waals surface area contributed by atoms with Crippen LogP contribution in [0.15, 0.2) is 18.2 Å². The van der Waals surface area contributed by atoms with Gasteiger partial charge in [0.05, 0.1) is 6.61 Å². The summed E-state index contributed by atoms with van der Waals surface area (Å²) in [5, 5.41) is 9.35. The van der Waals surface area contributed by atoms with Crippen molar-refractivity contribution in [3.63, 3.8) is 0 Å². The predicted octanol–water partition coefficient (Wildman–Crippen LogP) is 0.805. The van der Waals surface area contributed by atoms with Crippen LogP contribution in [-0.4, -0.2) is 99.1 Å². The van der Waals surface area contributed by atoms with Crippen LogP contribution in [0, 0.1) is 5.82 Å². The Bertz CT molecular complexity index is 974. The van der Waals surface area contributed by atoms with E-state index in [1.807, 2.05) is 4.90 Å². The summed E-state index contributed by atoms with van der Waals surface area (Å²) in [5.41, 5.74) is 2.24. The maximum atomic E-state index is 14.4. The van der Waals surface area contributed by atoms with Gasteiger partial charge >= 0.3 is 0 Å². The molecule has 0 radical (unpaired) electrons. The van der Waals surface area contributed by atoms with Gasteiger partial charge in [0.25, 0.3) is 5.91 Å². The van der Waals surface area contributed by atoms with Crippen molar-refractivity contribution in [3.8, 4) is 5.75 Å². The highest BCUT2D eigenvalue weighted by Crippen LogP contribution is 2.38. The van der Waals surface area contributed by atoms with Crippen molar-refractivity contribution in [2.45, 2.75) is 36.5 Å². The lowest BCUT2D eigenvalue weighted by Crippen LogP contribution is -2.63. The summed E-state index contributed by atoms with van der Waals surface area (Å²) in [6.45, 7) is 2.66. The molecule has 0 unspecified atom stereocenters. The quantitative estimate of drug-likeness (QED) is 0.291. The highest BCUT2D eigenvalue weighted by molar-refractivity contribution is 7.91. The molecule has 12 heteroatoms. The molecule has 3 aliphatic rings. The predicted molar refractivity (Wildman–Crippen MR) is 123 cm³/mol. The van der Waals surface area contributed by atoms with Crippen LogP contribution in [0.3, 0.4) is 0 Å². The Hall–Kier alpha value is -1.99. The number of piperazine rings is 1. The number of rotatable bonds is 9. The van der Waals surface area contributed by atoms with Gasteiger partial charge in [0.15, 0.2) is 16.3 Å². The van der Waals surface area contributed by atoms with E-state index < -0.39 is 26.5 Å². The van der Waals surface area contributed by atoms with Crippen molar-refractivity contribution >= 4 is 21.6 Å². The fourth-order valence-corrected chi connectivity index (χ4v) is 6.98. The number of nitrogens with zero attached hydrogens (tertiary/aromatic N) is 3. The first-order valence-corrected chi connectivity index (χ1v) is 13.1. The van der Waals surface area contributed by atoms with Crippen LogP contribution >= 0.6 is 0 Å². The average molecular weight is 501 g/mol. The number of ether oxygens (including phenoxy) is 2. The largest absolute Gasteiger partial charge is 0.488 e. The number of benzene rings is 1. The van der Waals surface area contributed by atoms with E-state index in [1.54, 1.807) is 17.6 Å². The minimum atomic E-state index is -4.02. The molecule has 10 nitrogen and oxygen atoms in total. The lowest BCUT2D eigenvalue weighted by atomic mass is 9.95. The van der Waals surface area contributed by atoms with Crippen molar-refractivity contribution in [1.82, 2.24) is 14.7 Å². The van der Waals surface area contributed by atoms with Gasteiger partial charge in [0, 0.05) is 64.2 Å². The lowest BCUT2D eigenvalue weighted by molar-refractivity contribution is -0.133. The second kappa shape index (κ2) is 10.3. The number of hydrogen-bond donors (Lipinski definition) is 2. The summed E-state index contributed by atoms with van der Waals surface area (Å²) in [5.74, 6) is -1.22. The number of carbonyl (C=O) groups excluding carboxylic acids is 1. The standard InChI is InChI=1S/C22H33FN4O6S/c1-32-14-15-33-20-5-4-18(16-19(20)23)26-10-12-27(13-11-26)34(30,31)22(21(28)24-29)6-8-25(9-7-22)17-2-3-17/h4-5,16-17,29H,2-3,6-15H2,1H3,(H,24,28). The van der Waals surface area contributed by atoms with Crippen LogP contribution in [0.4, 0.5) is 10.1 Å². The normalized spacial score (nSPS) is 21.9. The molecule has 0 atom stereocenters. The smallest absolute Gasteiger partial charge is 0.266 e. The highest BCUT2D eigenvalue weighted by atomic mass is 32.2. The van der Waals surface area contributed by atoms with E-state index in [4.69, 9.17) is 9.47 Å². The molecule has 1 saturated carbocycles. The third-order valence-corrected chi connectivity index (χ3v) is 9.71. The Labute approximate surface area is 199 Å². The minimum absolute atomic E-state index is 0.136. The van der Waals surface area contributed by atoms with Crippen molar-refractivity contribution in [2.24, 2.45) is 0 Å². The summed E-state index contributed by atoms with van der Waals surface area (Å²) in [6, 6.07) is 5.15. The van der Waals surface area contributed by atoms with E-state index in [9.17, 15) is 22.8 Å². The van der Waals surface area contributed by atoms with Crippen LogP contribution in [0.25, 0.3) is 0 Å². The molecular weight excluding hydrogens is 467 g/mol. The number of halogens is 1. The zero-order valence-corrected chi connectivity index (χ0v) is 20.2. The number of amides is 1. The Kier molecular flexibility index (Phi) is 7.63. The van der Waals surface area contributed by atoms with Crippen molar-refractivity contribution in [1.29, 1.82) is 0 Å². The third-order valence-electron chi connectivity index (χ3n) is 7.08. The van der Waals surface area contributed by atoms with Gasteiger partial charge in [0.2, 0.25) is 10.0 Å². The zero-order valence-electron chi connectivity index (χ0n) is 19.4. The first kappa shape index (κ1) is 25.1. The van der Waals surface area contributed by atoms with Crippen LogP contribution in [0.2, 0.25) is 0 Å². The molecule has 1 aromatic carbocycles. The number of likely N-dealkylation sites (tertiary alicyclic amines) is 1. The first-order valence-electron chi connectivity index (χ1n) is 11.7. The summed E-state index contributed by atoms with van der Waals surface area (Å²) >= 11 is 0. The van der Waals surface area contributed by atoms with E-state index in [2.05, 4.69) is 4.90 Å². The van der Waals surface area contributed by atoms with Crippen LogP contribution in [0.1, 0.15) is 25.7 Å². The lowest BCUT2D eigenvalue weighted by Gasteiger charge is -2.44. The maximum Gasteiger partial charge on any atom is 0.266 e. The van der Waals surface area contributed by atoms with E-state index in [0.29, 0.717) is 44.5 Å². The van der Waals surface area contributed by atoms with Gasteiger partial charge in [0.1, 0.15) is 6.61 Å². The number of sulfonamides is 1. The summed E-state index contributed by atoms with van der Waals surface area (Å²) in [7, 11) is -2.48. The molecule has 4 rings (SSSR count). The molecule has 1 amide bonds. The topological polar surface area (TPSA) is 112 Å². The van der Waals surface area contributed by atoms with Crippen molar-refractivity contribution < 1.29 is 32.3 Å². The average Bonchev–Trinajstić information content (AvgIpc) is 3.70. The van der Waals surface area contributed by atoms with Crippen molar-refractivity contribution in [3.05, 3.63) is 24.0 Å². The Balaban J connectivity index is 1.42. The van der Waals surface area contributed by atoms with Crippen molar-refractivity contribution in [2.75, 3.05) is 64.5 Å². The number of methoxy groups -OCH3 is 1. The number of piperidine rings is 1. The highest BCUT2D eigenvalue weighted by Gasteiger charge is 2.55.